The van der Waals surface area contributed by atoms with Crippen LogP contribution in [-0.2, 0) is 20.8 Å². The minimum atomic E-state index is -1.85. The number of carbonyl (C=O) groups excluding carboxylic acids is 2. The van der Waals surface area contributed by atoms with Crippen LogP contribution in [0, 0.1) is 28.9 Å². The van der Waals surface area contributed by atoms with Crippen molar-refractivity contribution in [2.24, 2.45) is 11.8 Å². The quantitative estimate of drug-likeness (QED) is 0.119. The van der Waals surface area contributed by atoms with Gasteiger partial charge in [-0.25, -0.2) is 4.90 Å². The van der Waals surface area contributed by atoms with Gasteiger partial charge in [-0.3, -0.25) is 29.8 Å². The van der Waals surface area contributed by atoms with Crippen LogP contribution in [0.5, 0.6) is 0 Å². The fourth-order valence-corrected chi connectivity index (χ4v) is 6.40. The molecule has 4 aromatic carbocycles. The number of nitro benzene ring substituents is 1. The maximum atomic E-state index is 14.2. The molecule has 220 valence electrons. The third kappa shape index (κ3) is 4.97. The zero-order valence-electron chi connectivity index (χ0n) is 23.8. The molecule has 4 aromatic rings. The Kier molecular flexibility index (Phi) is 7.40. The lowest BCUT2D eigenvalue weighted by Crippen LogP contribution is -2.57. The lowest BCUT2D eigenvalue weighted by molar-refractivity contribution is -0.384. The number of nitrogens with one attached hydrogen (secondary N) is 1. The van der Waals surface area contributed by atoms with E-state index in [1.54, 1.807) is 31.2 Å². The molecule has 2 saturated heterocycles. The first-order chi connectivity index (χ1) is 21.2. The molecule has 2 heterocycles. The van der Waals surface area contributed by atoms with E-state index in [9.17, 15) is 29.6 Å². The molecule has 2 amide bonds. The van der Waals surface area contributed by atoms with E-state index in [0.717, 1.165) is 16.0 Å². The monoisotopic (exact) mass is 587 g/mol. The van der Waals surface area contributed by atoms with Crippen LogP contribution in [-0.4, -0.2) is 33.4 Å². The van der Waals surface area contributed by atoms with E-state index in [1.807, 2.05) is 66.7 Å². The molecule has 2 aliphatic heterocycles. The Labute approximate surface area is 253 Å². The average molecular weight is 588 g/mol. The topological polar surface area (TPSA) is 130 Å². The summed E-state index contributed by atoms with van der Waals surface area (Å²) in [6.45, 7) is 1.79. The number of nitrogens with zero attached hydrogens (tertiary/aromatic N) is 2. The summed E-state index contributed by atoms with van der Waals surface area (Å²) in [5.74, 6) is -4.53. The number of aryl methyl sites for hydroxylation is 1. The van der Waals surface area contributed by atoms with Crippen molar-refractivity contribution in [3.8, 4) is 0 Å². The van der Waals surface area contributed by atoms with E-state index in [4.69, 9.17) is 0 Å². The van der Waals surface area contributed by atoms with Crippen molar-refractivity contribution < 1.29 is 24.4 Å². The van der Waals surface area contributed by atoms with Crippen LogP contribution in [0.4, 0.5) is 11.4 Å². The van der Waals surface area contributed by atoms with Gasteiger partial charge in [-0.15, -0.1) is 0 Å². The third-order valence-corrected chi connectivity index (χ3v) is 8.59. The average Bonchev–Trinajstić information content (AvgIpc) is 3.51. The molecule has 9 heteroatoms. The van der Waals surface area contributed by atoms with Gasteiger partial charge < -0.3 is 5.11 Å². The largest absolute Gasteiger partial charge is 0.480 e. The van der Waals surface area contributed by atoms with Gasteiger partial charge in [0.15, 0.2) is 0 Å². The number of carbonyl (C=O) groups is 3. The van der Waals surface area contributed by atoms with Crippen molar-refractivity contribution in [3.63, 3.8) is 0 Å². The predicted octanol–water partition coefficient (Wildman–Crippen LogP) is 5.59. The van der Waals surface area contributed by atoms with Crippen LogP contribution >= 0.6 is 0 Å². The van der Waals surface area contributed by atoms with Gasteiger partial charge >= 0.3 is 5.97 Å². The second kappa shape index (κ2) is 11.3. The number of nitro groups is 1. The van der Waals surface area contributed by atoms with Gasteiger partial charge in [-0.2, -0.15) is 0 Å². The summed E-state index contributed by atoms with van der Waals surface area (Å²) in [7, 11) is 0. The van der Waals surface area contributed by atoms with Crippen LogP contribution in [0.2, 0.25) is 0 Å². The molecule has 0 aliphatic carbocycles. The van der Waals surface area contributed by atoms with Crippen molar-refractivity contribution in [2.75, 3.05) is 4.90 Å². The molecule has 4 atom stereocenters. The fraction of sp³-hybridized carbons (Fsp3) is 0.171. The normalized spacial score (nSPS) is 22.8. The molecule has 44 heavy (non-hydrogen) atoms. The highest BCUT2D eigenvalue weighted by atomic mass is 16.6. The summed E-state index contributed by atoms with van der Waals surface area (Å²) >= 11 is 0. The van der Waals surface area contributed by atoms with Crippen molar-refractivity contribution in [1.82, 2.24) is 5.32 Å². The molecule has 2 fully saturated rings. The summed E-state index contributed by atoms with van der Waals surface area (Å²) in [5.41, 5.74) is 2.28. The molecule has 0 saturated carbocycles. The first-order valence-electron chi connectivity index (χ1n) is 14.2. The minimum Gasteiger partial charge on any atom is -0.480 e. The van der Waals surface area contributed by atoms with Gasteiger partial charge in [0, 0.05) is 24.6 Å². The summed E-state index contributed by atoms with van der Waals surface area (Å²) < 4.78 is 0. The van der Waals surface area contributed by atoms with Gasteiger partial charge in [0.05, 0.1) is 22.4 Å². The Morgan fingerprint density at radius 2 is 1.50 bits per heavy atom. The number of imide groups is 1. The first-order valence-corrected chi connectivity index (χ1v) is 14.2. The maximum Gasteiger partial charge on any atom is 0.325 e. The van der Waals surface area contributed by atoms with E-state index < -0.39 is 46.1 Å². The zero-order valence-corrected chi connectivity index (χ0v) is 23.8. The molecule has 6 rings (SSSR count). The van der Waals surface area contributed by atoms with E-state index in [1.165, 1.54) is 24.3 Å². The molecular formula is C35H29N3O6. The number of rotatable bonds is 8. The maximum absolute atomic E-state index is 14.2. The number of carboxylic acids is 1. The molecule has 9 nitrogen and oxygen atoms in total. The summed E-state index contributed by atoms with van der Waals surface area (Å²) in [5, 5.41) is 25.2. The SMILES string of the molecule is Cc1ccccc1N1C(=O)C2C(c3ccc(/C=C/c4ccccc4)cc3)NC(Cc3ccc([N+](=O)[O-])cc3)(C(=O)O)C2C1=O. The van der Waals surface area contributed by atoms with Crippen LogP contribution in [0.3, 0.4) is 0 Å². The number of aliphatic carboxylic acids is 1. The summed E-state index contributed by atoms with van der Waals surface area (Å²) in [4.78, 5) is 53.3. The van der Waals surface area contributed by atoms with E-state index in [0.29, 0.717) is 22.4 Å². The second-order valence-corrected chi connectivity index (χ2v) is 11.2. The van der Waals surface area contributed by atoms with Crippen molar-refractivity contribution in [3.05, 3.63) is 141 Å². The van der Waals surface area contributed by atoms with E-state index >= 15 is 0 Å². The highest BCUT2D eigenvalue weighted by Gasteiger charge is 2.68. The Bertz CT molecular complexity index is 1790. The molecule has 0 aromatic heterocycles. The number of hydrogen-bond acceptors (Lipinski definition) is 6. The van der Waals surface area contributed by atoms with Crippen molar-refractivity contribution >= 4 is 41.3 Å². The number of carboxylic acid groups (broad SMARTS) is 1. The van der Waals surface area contributed by atoms with E-state index in [2.05, 4.69) is 5.32 Å². The highest BCUT2D eigenvalue weighted by Crippen LogP contribution is 2.51. The number of anilines is 1. The summed E-state index contributed by atoms with van der Waals surface area (Å²) in [6, 6.07) is 29.1. The molecule has 4 unspecified atom stereocenters. The van der Waals surface area contributed by atoms with Gasteiger partial charge in [-0.05, 0) is 40.8 Å². The van der Waals surface area contributed by atoms with Crippen molar-refractivity contribution in [2.45, 2.75) is 24.9 Å². The van der Waals surface area contributed by atoms with Gasteiger partial charge in [0.1, 0.15) is 5.54 Å². The van der Waals surface area contributed by atoms with Crippen molar-refractivity contribution in [1.29, 1.82) is 0 Å². The van der Waals surface area contributed by atoms with Gasteiger partial charge in [-0.1, -0.05) is 97.1 Å². The second-order valence-electron chi connectivity index (χ2n) is 11.2. The lowest BCUT2D eigenvalue weighted by atomic mass is 9.76. The molecule has 0 spiro atoms. The molecule has 0 radical (unpaired) electrons. The third-order valence-electron chi connectivity index (χ3n) is 8.59. The molecular weight excluding hydrogens is 558 g/mol. The number of amides is 2. The number of non-ortho nitro benzene ring substituents is 1. The standard InChI is InChI=1S/C35H29N3O6/c1-22-7-5-6-10-28(22)37-32(39)29-30(33(37)40)35(34(41)42,21-25-15-19-27(20-16-25)38(43)44)36-31(29)26-17-13-24(14-18-26)12-11-23-8-3-2-4-9-23/h2-20,29-31,36H,21H2,1H3,(H,41,42)/b12-11+. The molecule has 2 aliphatic rings. The Hall–Kier alpha value is -5.41. The Morgan fingerprint density at radius 1 is 0.886 bits per heavy atom. The lowest BCUT2D eigenvalue weighted by Gasteiger charge is -2.31. The number of benzene rings is 4. The van der Waals surface area contributed by atoms with Gasteiger partial charge in [0.25, 0.3) is 5.69 Å². The fourth-order valence-electron chi connectivity index (χ4n) is 6.40. The minimum absolute atomic E-state index is 0.132. The number of fused-ring (bicyclic) bond motifs is 1. The molecule has 0 bridgehead atoms. The van der Waals surface area contributed by atoms with E-state index in [-0.39, 0.29) is 12.1 Å². The zero-order chi connectivity index (χ0) is 31.0. The van der Waals surface area contributed by atoms with Crippen LogP contribution in [0.15, 0.2) is 103 Å². The first kappa shape index (κ1) is 28.7. The van der Waals surface area contributed by atoms with Crippen LogP contribution < -0.4 is 10.2 Å². The highest BCUT2D eigenvalue weighted by molar-refractivity contribution is 6.24. The van der Waals surface area contributed by atoms with Crippen LogP contribution in [0.1, 0.15) is 33.9 Å². The van der Waals surface area contributed by atoms with Gasteiger partial charge in [0.2, 0.25) is 11.8 Å². The molecule has 2 N–H and O–H groups in total. The van der Waals surface area contributed by atoms with Crippen LogP contribution in [0.25, 0.3) is 12.2 Å². The smallest absolute Gasteiger partial charge is 0.325 e. The Balaban J connectivity index is 1.41. The number of hydrogen-bond donors (Lipinski definition) is 2. The number of para-hydroxylation sites is 1. The summed E-state index contributed by atoms with van der Waals surface area (Å²) in [6.07, 6.45) is 3.79. The predicted molar refractivity (Wildman–Crippen MR) is 166 cm³/mol. The Morgan fingerprint density at radius 3 is 2.11 bits per heavy atom.